The SMILES string of the molecule is CCCCCCCCCCCCc1cccc([O-])c1Oc1ccccc1S(=O)(=O)O.[Na+]. The molecule has 1 N–H and O–H groups in total. The van der Waals surface area contributed by atoms with Gasteiger partial charge in [0.15, 0.2) is 0 Å². The molecule has 0 aliphatic rings. The topological polar surface area (TPSA) is 86.7 Å². The van der Waals surface area contributed by atoms with Crippen molar-refractivity contribution in [1.29, 1.82) is 0 Å². The minimum absolute atomic E-state index is 0. The summed E-state index contributed by atoms with van der Waals surface area (Å²) < 4.78 is 38.3. The molecule has 0 spiro atoms. The van der Waals surface area contributed by atoms with Crippen molar-refractivity contribution in [3.63, 3.8) is 0 Å². The van der Waals surface area contributed by atoms with Gasteiger partial charge in [-0.15, -0.1) is 0 Å². The van der Waals surface area contributed by atoms with Crippen LogP contribution in [-0.2, 0) is 16.5 Å². The molecule has 2 rings (SSSR count). The van der Waals surface area contributed by atoms with Crippen LogP contribution in [0.4, 0.5) is 0 Å². The first kappa shape index (κ1) is 28.0. The molecule has 0 fully saturated rings. The van der Waals surface area contributed by atoms with Crippen LogP contribution in [0, 0.1) is 0 Å². The number of hydrogen-bond donors (Lipinski definition) is 1. The summed E-state index contributed by atoms with van der Waals surface area (Å²) in [6.07, 6.45) is 13.0. The molecule has 0 aromatic heterocycles. The van der Waals surface area contributed by atoms with Crippen molar-refractivity contribution in [3.05, 3.63) is 48.0 Å². The van der Waals surface area contributed by atoms with Gasteiger partial charge in [-0.3, -0.25) is 4.55 Å². The minimum atomic E-state index is -4.44. The van der Waals surface area contributed by atoms with Crippen LogP contribution in [0.5, 0.6) is 17.2 Å². The van der Waals surface area contributed by atoms with Gasteiger partial charge in [-0.1, -0.05) is 101 Å². The number of benzene rings is 2. The van der Waals surface area contributed by atoms with Gasteiger partial charge in [0.1, 0.15) is 16.4 Å². The van der Waals surface area contributed by atoms with Crippen molar-refractivity contribution in [3.8, 4) is 17.2 Å². The molecular weight excluding hydrogens is 423 g/mol. The average molecular weight is 457 g/mol. The normalized spacial score (nSPS) is 11.2. The molecule has 0 bridgehead atoms. The van der Waals surface area contributed by atoms with E-state index in [-0.39, 0.29) is 51.7 Å². The summed E-state index contributed by atoms with van der Waals surface area (Å²) in [7, 11) is -4.44. The molecule has 0 unspecified atom stereocenters. The van der Waals surface area contributed by atoms with Crippen molar-refractivity contribution < 1.29 is 52.4 Å². The Kier molecular flexibility index (Phi) is 13.5. The maximum atomic E-state index is 12.4. The van der Waals surface area contributed by atoms with Crippen molar-refractivity contribution in [1.82, 2.24) is 0 Å². The second-order valence-electron chi connectivity index (χ2n) is 7.70. The predicted molar refractivity (Wildman–Crippen MR) is 118 cm³/mol. The summed E-state index contributed by atoms with van der Waals surface area (Å²) in [5.41, 5.74) is 0.757. The monoisotopic (exact) mass is 456 g/mol. The summed E-state index contributed by atoms with van der Waals surface area (Å²) >= 11 is 0. The molecule has 0 atom stereocenters. The van der Waals surface area contributed by atoms with E-state index in [1.165, 1.54) is 75.6 Å². The van der Waals surface area contributed by atoms with E-state index in [4.69, 9.17) is 4.74 Å². The number of rotatable bonds is 14. The Balaban J connectivity index is 0.00000480. The molecule has 0 heterocycles. The fourth-order valence-electron chi connectivity index (χ4n) is 3.53. The van der Waals surface area contributed by atoms with Gasteiger partial charge in [0.25, 0.3) is 10.1 Å². The standard InChI is InChI=1S/C24H34O5S.Na/c1-2-3-4-5-6-7-8-9-10-11-15-20-16-14-17-21(25)24(20)29-22-18-12-13-19-23(22)30(26,27)28;/h12-14,16-19,25H,2-11,15H2,1H3,(H,26,27,28);/q;+1/p-1. The summed E-state index contributed by atoms with van der Waals surface area (Å²) in [5, 5.41) is 12.4. The van der Waals surface area contributed by atoms with E-state index < -0.39 is 10.1 Å². The van der Waals surface area contributed by atoms with Gasteiger partial charge in [0.2, 0.25) is 0 Å². The number of aryl methyl sites for hydroxylation is 1. The molecule has 2 aromatic rings. The Hall–Kier alpha value is -1.05. The molecule has 7 heteroatoms. The van der Waals surface area contributed by atoms with Gasteiger partial charge >= 0.3 is 29.6 Å². The van der Waals surface area contributed by atoms with Gasteiger partial charge in [-0.05, 0) is 30.5 Å². The van der Waals surface area contributed by atoms with E-state index in [2.05, 4.69) is 6.92 Å². The van der Waals surface area contributed by atoms with Crippen LogP contribution >= 0.6 is 0 Å². The van der Waals surface area contributed by atoms with Gasteiger partial charge in [-0.25, -0.2) is 0 Å². The number of hydrogen-bond acceptors (Lipinski definition) is 4. The van der Waals surface area contributed by atoms with Crippen LogP contribution in [0.25, 0.3) is 0 Å². The maximum absolute atomic E-state index is 12.4. The van der Waals surface area contributed by atoms with E-state index in [1.54, 1.807) is 12.1 Å². The molecule has 31 heavy (non-hydrogen) atoms. The molecule has 0 aliphatic carbocycles. The first-order chi connectivity index (χ1) is 14.4. The van der Waals surface area contributed by atoms with Gasteiger partial charge in [-0.2, -0.15) is 8.42 Å². The van der Waals surface area contributed by atoms with Gasteiger partial charge < -0.3 is 9.84 Å². The zero-order valence-electron chi connectivity index (χ0n) is 18.8. The molecule has 0 saturated heterocycles. The fourth-order valence-corrected chi connectivity index (χ4v) is 4.15. The Bertz CT molecular complexity index is 883. The van der Waals surface area contributed by atoms with Gasteiger partial charge in [0, 0.05) is 0 Å². The molecular formula is C24H33NaO5S. The van der Waals surface area contributed by atoms with E-state index >= 15 is 0 Å². The fraction of sp³-hybridized carbons (Fsp3) is 0.500. The second-order valence-corrected chi connectivity index (χ2v) is 9.09. The second kappa shape index (κ2) is 14.9. The van der Waals surface area contributed by atoms with E-state index in [0.29, 0.717) is 6.42 Å². The number of para-hydroxylation sites is 2. The molecule has 0 saturated carbocycles. The Morgan fingerprint density at radius 3 is 2.03 bits per heavy atom. The van der Waals surface area contributed by atoms with E-state index in [9.17, 15) is 18.1 Å². The van der Waals surface area contributed by atoms with Crippen LogP contribution in [0.2, 0.25) is 0 Å². The van der Waals surface area contributed by atoms with Crippen LogP contribution in [0.15, 0.2) is 47.4 Å². The predicted octanol–water partition coefficient (Wildman–Crippen LogP) is 3.27. The summed E-state index contributed by atoms with van der Waals surface area (Å²) in [4.78, 5) is -0.349. The Labute approximate surface area is 209 Å². The van der Waals surface area contributed by atoms with Crippen LogP contribution in [0.1, 0.15) is 76.7 Å². The summed E-state index contributed by atoms with van der Waals surface area (Å²) in [6.45, 7) is 2.23. The van der Waals surface area contributed by atoms with Crippen molar-refractivity contribution in [2.24, 2.45) is 0 Å². The summed E-state index contributed by atoms with van der Waals surface area (Å²) in [5.74, 6) is -0.220. The quantitative estimate of drug-likeness (QED) is 0.268. The van der Waals surface area contributed by atoms with Gasteiger partial charge in [0.05, 0.1) is 0 Å². The Morgan fingerprint density at radius 1 is 0.839 bits per heavy atom. The van der Waals surface area contributed by atoms with Crippen molar-refractivity contribution in [2.45, 2.75) is 82.4 Å². The Morgan fingerprint density at radius 2 is 1.42 bits per heavy atom. The first-order valence-corrected chi connectivity index (χ1v) is 12.4. The molecule has 2 aromatic carbocycles. The first-order valence-electron chi connectivity index (χ1n) is 11.0. The van der Waals surface area contributed by atoms with Crippen LogP contribution < -0.4 is 39.4 Å². The molecule has 0 amide bonds. The molecule has 0 radical (unpaired) electrons. The zero-order chi connectivity index (χ0) is 21.8. The minimum Gasteiger partial charge on any atom is -0.870 e. The third-order valence-corrected chi connectivity index (χ3v) is 6.09. The average Bonchev–Trinajstić information content (AvgIpc) is 2.71. The number of ether oxygens (including phenoxy) is 1. The van der Waals surface area contributed by atoms with Crippen LogP contribution in [-0.4, -0.2) is 13.0 Å². The zero-order valence-corrected chi connectivity index (χ0v) is 21.6. The van der Waals surface area contributed by atoms with Crippen molar-refractivity contribution in [2.75, 3.05) is 0 Å². The smallest absolute Gasteiger partial charge is 0.870 e. The number of unbranched alkanes of at least 4 members (excludes halogenated alkanes) is 9. The third-order valence-electron chi connectivity index (χ3n) is 5.20. The van der Waals surface area contributed by atoms with E-state index in [0.717, 1.165) is 18.4 Å². The molecule has 0 aliphatic heterocycles. The van der Waals surface area contributed by atoms with E-state index in [1.807, 2.05) is 6.07 Å². The third kappa shape index (κ3) is 9.96. The summed E-state index contributed by atoms with van der Waals surface area (Å²) in [6, 6.07) is 10.7. The van der Waals surface area contributed by atoms with Crippen molar-refractivity contribution >= 4 is 10.1 Å². The largest absolute Gasteiger partial charge is 1.00 e. The molecule has 5 nitrogen and oxygen atoms in total. The van der Waals surface area contributed by atoms with Crippen LogP contribution in [0.3, 0.4) is 0 Å². The molecule has 166 valence electrons. The maximum Gasteiger partial charge on any atom is 1.00 e.